The lowest BCUT2D eigenvalue weighted by molar-refractivity contribution is 0.0697. The Hall–Kier alpha value is -3.64. The number of benzene rings is 3. The molecule has 29 heavy (non-hydrogen) atoms. The molecule has 1 atom stereocenters. The molecule has 6 heteroatoms. The zero-order valence-electron chi connectivity index (χ0n) is 15.3. The van der Waals surface area contributed by atoms with Gasteiger partial charge in [0.1, 0.15) is 29.8 Å². The molecule has 3 aliphatic rings. The fourth-order valence-corrected chi connectivity index (χ4v) is 3.47. The first kappa shape index (κ1) is 17.5. The van der Waals surface area contributed by atoms with E-state index >= 15 is 0 Å². The summed E-state index contributed by atoms with van der Waals surface area (Å²) in [7, 11) is 0. The molecule has 1 N–H and O–H groups in total. The Morgan fingerprint density at radius 3 is 2.69 bits per heavy atom. The molecule has 0 aromatic heterocycles. The summed E-state index contributed by atoms with van der Waals surface area (Å²) in [5, 5.41) is 10.4. The normalized spacial score (nSPS) is 15.5. The molecule has 1 unspecified atom stereocenters. The average Bonchev–Trinajstić information content (AvgIpc) is 3.54. The van der Waals surface area contributed by atoms with Crippen LogP contribution < -0.4 is 10.2 Å². The highest BCUT2D eigenvalue weighted by atomic mass is 16.6. The largest absolute Gasteiger partial charge is 0.491 e. The number of ether oxygens (including phenoxy) is 2. The van der Waals surface area contributed by atoms with Gasteiger partial charge < -0.3 is 19.0 Å². The van der Waals surface area contributed by atoms with Gasteiger partial charge in [0, 0.05) is 28.6 Å². The molecule has 0 saturated carbocycles. The standard InChI is InChI=1S/C23H16O6/c24-13-5-7-18-20(9-13)29-21-10-14(27-11-15-12-28-15)6-8-19(21)22(18)16-3-1-2-4-17(16)23(25)26/h1-10,15H,11-12H2,(H,25,26). The third-order valence-electron chi connectivity index (χ3n) is 4.93. The van der Waals surface area contributed by atoms with Gasteiger partial charge in [0.05, 0.1) is 12.2 Å². The Morgan fingerprint density at radius 1 is 1.07 bits per heavy atom. The molecule has 2 aromatic carbocycles. The van der Waals surface area contributed by atoms with Crippen LogP contribution in [0.3, 0.4) is 0 Å². The minimum Gasteiger partial charge on any atom is -0.491 e. The smallest absolute Gasteiger partial charge is 0.336 e. The molecule has 2 aliphatic heterocycles. The van der Waals surface area contributed by atoms with Crippen molar-refractivity contribution in [2.45, 2.75) is 6.10 Å². The van der Waals surface area contributed by atoms with Crippen LogP contribution in [0.1, 0.15) is 10.4 Å². The molecule has 0 radical (unpaired) electrons. The van der Waals surface area contributed by atoms with Gasteiger partial charge in [-0.2, -0.15) is 0 Å². The second-order valence-corrected chi connectivity index (χ2v) is 6.91. The summed E-state index contributed by atoms with van der Waals surface area (Å²) < 4.78 is 16.9. The number of fused-ring (bicyclic) bond motifs is 2. The summed E-state index contributed by atoms with van der Waals surface area (Å²) in [6.07, 6.45) is 0.125. The Bertz CT molecular complexity index is 1270. The highest BCUT2D eigenvalue weighted by molar-refractivity contribution is 6.07. The van der Waals surface area contributed by atoms with Crippen molar-refractivity contribution in [3.05, 3.63) is 76.5 Å². The van der Waals surface area contributed by atoms with Gasteiger partial charge in [-0.1, -0.05) is 18.2 Å². The van der Waals surface area contributed by atoms with Gasteiger partial charge in [0.2, 0.25) is 0 Å². The first-order valence-corrected chi connectivity index (χ1v) is 9.18. The average molecular weight is 388 g/mol. The Kier molecular flexibility index (Phi) is 4.07. The molecule has 0 amide bonds. The lowest BCUT2D eigenvalue weighted by Gasteiger charge is -2.17. The number of hydrogen-bond acceptors (Lipinski definition) is 5. The highest BCUT2D eigenvalue weighted by Gasteiger charge is 2.24. The van der Waals surface area contributed by atoms with Crippen LogP contribution in [0.4, 0.5) is 0 Å². The topological polar surface area (TPSA) is 89.3 Å². The van der Waals surface area contributed by atoms with E-state index in [1.54, 1.807) is 36.4 Å². The van der Waals surface area contributed by atoms with Gasteiger partial charge in [-0.05, 0) is 35.9 Å². The van der Waals surface area contributed by atoms with E-state index in [0.29, 0.717) is 47.0 Å². The van der Waals surface area contributed by atoms with Crippen LogP contribution in [0.15, 0.2) is 69.9 Å². The van der Waals surface area contributed by atoms with Crippen molar-refractivity contribution in [1.29, 1.82) is 0 Å². The predicted octanol–water partition coefficient (Wildman–Crippen LogP) is 4.04. The van der Waals surface area contributed by atoms with Gasteiger partial charge in [0.15, 0.2) is 5.43 Å². The van der Waals surface area contributed by atoms with Crippen LogP contribution in [-0.4, -0.2) is 30.4 Å². The molecule has 1 saturated heterocycles. The summed E-state index contributed by atoms with van der Waals surface area (Å²) in [6.45, 7) is 1.16. The quantitative estimate of drug-likeness (QED) is 0.410. The fraction of sp³-hybridized carbons (Fsp3) is 0.130. The zero-order valence-corrected chi connectivity index (χ0v) is 15.3. The SMILES string of the molecule is O=C(O)c1ccccc1-c1c2ccc(=O)cc-2oc2cc(OCC3CO3)ccc12. The molecular formula is C23H16O6. The molecule has 0 bridgehead atoms. The van der Waals surface area contributed by atoms with Crippen LogP contribution in [-0.2, 0) is 4.74 Å². The first-order chi connectivity index (χ1) is 14.1. The minimum absolute atomic E-state index is 0.125. The van der Waals surface area contributed by atoms with E-state index in [2.05, 4.69) is 0 Å². The van der Waals surface area contributed by atoms with Crippen LogP contribution in [0.25, 0.3) is 33.4 Å². The predicted molar refractivity (Wildman–Crippen MR) is 107 cm³/mol. The molecule has 2 heterocycles. The lowest BCUT2D eigenvalue weighted by atomic mass is 9.91. The van der Waals surface area contributed by atoms with Gasteiger partial charge in [-0.25, -0.2) is 4.79 Å². The number of hydrogen-bond donors (Lipinski definition) is 1. The van der Waals surface area contributed by atoms with Crippen molar-refractivity contribution in [1.82, 2.24) is 0 Å². The number of carbonyl (C=O) groups is 1. The summed E-state index contributed by atoms with van der Waals surface area (Å²) in [4.78, 5) is 23.7. The summed E-state index contributed by atoms with van der Waals surface area (Å²) in [6, 6.07) is 16.8. The van der Waals surface area contributed by atoms with Crippen molar-refractivity contribution in [3.63, 3.8) is 0 Å². The van der Waals surface area contributed by atoms with Gasteiger partial charge in [-0.3, -0.25) is 4.79 Å². The van der Waals surface area contributed by atoms with E-state index < -0.39 is 5.97 Å². The van der Waals surface area contributed by atoms with Crippen molar-refractivity contribution < 1.29 is 23.8 Å². The second kappa shape index (κ2) is 6.76. The molecule has 5 rings (SSSR count). The van der Waals surface area contributed by atoms with Crippen molar-refractivity contribution in [2.75, 3.05) is 13.2 Å². The van der Waals surface area contributed by atoms with E-state index in [-0.39, 0.29) is 17.1 Å². The van der Waals surface area contributed by atoms with Crippen LogP contribution in [0.2, 0.25) is 0 Å². The first-order valence-electron chi connectivity index (χ1n) is 9.18. The van der Waals surface area contributed by atoms with E-state index in [0.717, 1.165) is 5.39 Å². The molecule has 6 nitrogen and oxygen atoms in total. The molecule has 1 fully saturated rings. The van der Waals surface area contributed by atoms with E-state index in [1.165, 1.54) is 12.1 Å². The zero-order chi connectivity index (χ0) is 20.0. The molecule has 1 aliphatic carbocycles. The van der Waals surface area contributed by atoms with Gasteiger partial charge >= 0.3 is 5.97 Å². The summed E-state index contributed by atoms with van der Waals surface area (Å²) >= 11 is 0. The second-order valence-electron chi connectivity index (χ2n) is 6.91. The number of epoxide rings is 1. The van der Waals surface area contributed by atoms with Crippen LogP contribution >= 0.6 is 0 Å². The monoisotopic (exact) mass is 388 g/mol. The number of carboxylic acid groups (broad SMARTS) is 1. The lowest BCUT2D eigenvalue weighted by Crippen LogP contribution is -2.05. The minimum atomic E-state index is -1.02. The molecule has 2 aromatic rings. The molecule has 144 valence electrons. The Morgan fingerprint density at radius 2 is 1.90 bits per heavy atom. The summed E-state index contributed by atoms with van der Waals surface area (Å²) in [5.41, 5.74) is 2.44. The van der Waals surface area contributed by atoms with Crippen molar-refractivity contribution >= 4 is 16.9 Å². The maximum Gasteiger partial charge on any atom is 0.336 e. The number of aromatic carboxylic acids is 1. The highest BCUT2D eigenvalue weighted by Crippen LogP contribution is 2.41. The van der Waals surface area contributed by atoms with E-state index in [1.807, 2.05) is 12.1 Å². The Labute approximate surface area is 165 Å². The number of carboxylic acids is 1. The van der Waals surface area contributed by atoms with E-state index in [9.17, 15) is 14.7 Å². The number of rotatable bonds is 5. The third-order valence-corrected chi connectivity index (χ3v) is 4.93. The maximum absolute atomic E-state index is 11.9. The van der Waals surface area contributed by atoms with Crippen molar-refractivity contribution in [2.24, 2.45) is 0 Å². The van der Waals surface area contributed by atoms with Gasteiger partial charge in [0.25, 0.3) is 0 Å². The van der Waals surface area contributed by atoms with Crippen LogP contribution in [0, 0.1) is 0 Å². The fourth-order valence-electron chi connectivity index (χ4n) is 3.47. The van der Waals surface area contributed by atoms with Crippen LogP contribution in [0.5, 0.6) is 5.75 Å². The Balaban J connectivity index is 1.78. The maximum atomic E-state index is 11.9. The molecule has 0 spiro atoms. The van der Waals surface area contributed by atoms with Gasteiger partial charge in [-0.15, -0.1) is 0 Å². The third kappa shape index (κ3) is 3.23. The van der Waals surface area contributed by atoms with E-state index in [4.69, 9.17) is 13.9 Å². The molecular weight excluding hydrogens is 372 g/mol. The summed E-state index contributed by atoms with van der Waals surface area (Å²) in [5.74, 6) is -0.0118. The van der Waals surface area contributed by atoms with Crippen molar-refractivity contribution in [3.8, 4) is 28.2 Å².